The summed E-state index contributed by atoms with van der Waals surface area (Å²) in [6, 6.07) is 27.5. The van der Waals surface area contributed by atoms with Crippen LogP contribution in [0.4, 0.5) is 34.1 Å². The van der Waals surface area contributed by atoms with Gasteiger partial charge in [0.05, 0.1) is 46.5 Å². The zero-order valence-corrected chi connectivity index (χ0v) is 27.2. The largest absolute Gasteiger partial charge is 0.306 e. The van der Waals surface area contributed by atoms with Gasteiger partial charge in [-0.3, -0.25) is 9.97 Å². The van der Waals surface area contributed by atoms with Gasteiger partial charge in [-0.2, -0.15) is 0 Å². The Balaban J connectivity index is 1.38. The Hall–Kier alpha value is -5.09. The number of benzene rings is 4. The lowest BCUT2D eigenvalue weighted by molar-refractivity contribution is 1.15. The lowest BCUT2D eigenvalue weighted by Gasteiger charge is -2.48. The maximum atomic E-state index is 4.72. The molecule has 6 heteroatoms. The van der Waals surface area contributed by atoms with Gasteiger partial charge in [-0.25, -0.2) is 0 Å². The Morgan fingerprint density at radius 1 is 0.457 bits per heavy atom. The van der Waals surface area contributed by atoms with Crippen molar-refractivity contribution in [3.63, 3.8) is 0 Å². The molecule has 3 aliphatic rings. The molecule has 3 aliphatic heterocycles. The molecule has 5 heterocycles. The smallest absolute Gasteiger partial charge is 0.247 e. The molecule has 0 fully saturated rings. The summed E-state index contributed by atoms with van der Waals surface area (Å²) in [5, 5.41) is 0. The third-order valence-corrected chi connectivity index (χ3v) is 10.5. The molecule has 9 rings (SSSR count). The SMILES string of the molecule is Cc1cc(C)c(B2c3ccncc3N3c4cccc5c4N(c4cnccc4B5c4c(C)cc(C)cc4C)c4cccc2c43)c(C)c1. The van der Waals surface area contributed by atoms with Gasteiger partial charge in [-0.1, -0.05) is 92.8 Å². The summed E-state index contributed by atoms with van der Waals surface area (Å²) in [4.78, 5) is 14.4. The van der Waals surface area contributed by atoms with Crippen molar-refractivity contribution >= 4 is 80.3 Å². The van der Waals surface area contributed by atoms with E-state index in [-0.39, 0.29) is 13.4 Å². The quantitative estimate of drug-likeness (QED) is 0.257. The molecule has 2 aromatic heterocycles. The molecule has 0 atom stereocenters. The molecule has 4 nitrogen and oxygen atoms in total. The van der Waals surface area contributed by atoms with Crippen LogP contribution in [-0.2, 0) is 0 Å². The van der Waals surface area contributed by atoms with Crippen LogP contribution in [0.3, 0.4) is 0 Å². The van der Waals surface area contributed by atoms with Gasteiger partial charge in [0.15, 0.2) is 0 Å². The van der Waals surface area contributed by atoms with Crippen LogP contribution in [0, 0.1) is 41.5 Å². The first-order valence-corrected chi connectivity index (χ1v) is 16.2. The van der Waals surface area contributed by atoms with Crippen molar-refractivity contribution in [1.82, 2.24) is 9.97 Å². The van der Waals surface area contributed by atoms with E-state index in [0.717, 1.165) is 11.4 Å². The first-order chi connectivity index (χ1) is 22.3. The van der Waals surface area contributed by atoms with Crippen molar-refractivity contribution in [2.75, 3.05) is 9.80 Å². The lowest BCUT2D eigenvalue weighted by Crippen LogP contribution is -2.61. The number of pyridine rings is 2. The topological polar surface area (TPSA) is 32.3 Å². The van der Waals surface area contributed by atoms with E-state index in [1.54, 1.807) is 0 Å². The van der Waals surface area contributed by atoms with Crippen LogP contribution in [-0.4, -0.2) is 23.4 Å². The van der Waals surface area contributed by atoms with Gasteiger partial charge in [0, 0.05) is 12.4 Å². The molecule has 0 spiro atoms. The summed E-state index contributed by atoms with van der Waals surface area (Å²) in [5.74, 6) is 0. The number of para-hydroxylation sites is 2. The van der Waals surface area contributed by atoms with E-state index < -0.39 is 0 Å². The minimum Gasteiger partial charge on any atom is -0.306 e. The van der Waals surface area contributed by atoms with E-state index in [9.17, 15) is 0 Å². The molecular weight excluding hydrogens is 558 g/mol. The minimum atomic E-state index is 0.0956. The second-order valence-electron chi connectivity index (χ2n) is 13.5. The molecule has 220 valence electrons. The molecule has 0 bridgehead atoms. The normalized spacial score (nSPS) is 13.7. The highest BCUT2D eigenvalue weighted by molar-refractivity contribution is 6.99. The third-order valence-electron chi connectivity index (χ3n) is 10.5. The molecule has 0 unspecified atom stereocenters. The van der Waals surface area contributed by atoms with Gasteiger partial charge in [-0.05, 0) is 87.7 Å². The van der Waals surface area contributed by atoms with E-state index in [2.05, 4.69) is 137 Å². The molecule has 0 N–H and O–H groups in total. The Kier molecular flexibility index (Phi) is 5.75. The van der Waals surface area contributed by atoms with Crippen LogP contribution in [0.2, 0.25) is 0 Å². The lowest BCUT2D eigenvalue weighted by atomic mass is 9.33. The van der Waals surface area contributed by atoms with Gasteiger partial charge in [0.1, 0.15) is 0 Å². The summed E-state index contributed by atoms with van der Waals surface area (Å²) in [7, 11) is 0. The number of aryl methyl sites for hydroxylation is 6. The van der Waals surface area contributed by atoms with Crippen molar-refractivity contribution in [2.45, 2.75) is 41.5 Å². The first-order valence-electron chi connectivity index (χ1n) is 16.2. The van der Waals surface area contributed by atoms with Gasteiger partial charge in [-0.15, -0.1) is 0 Å². The molecule has 46 heavy (non-hydrogen) atoms. The number of rotatable bonds is 2. The number of hydrogen-bond donors (Lipinski definition) is 0. The minimum absolute atomic E-state index is 0.0956. The van der Waals surface area contributed by atoms with E-state index in [1.807, 2.05) is 12.4 Å². The number of fused-ring (bicyclic) bond motifs is 6. The van der Waals surface area contributed by atoms with Crippen LogP contribution < -0.4 is 42.6 Å². The Labute approximate surface area is 271 Å². The number of anilines is 6. The summed E-state index contributed by atoms with van der Waals surface area (Å²) < 4.78 is 0. The Morgan fingerprint density at radius 2 is 0.848 bits per heavy atom. The maximum Gasteiger partial charge on any atom is 0.247 e. The zero-order chi connectivity index (χ0) is 31.4. The third kappa shape index (κ3) is 3.58. The van der Waals surface area contributed by atoms with Crippen molar-refractivity contribution < 1.29 is 0 Å². The second kappa shape index (κ2) is 9.70. The molecule has 0 saturated heterocycles. The molecule has 0 aliphatic carbocycles. The fourth-order valence-electron chi connectivity index (χ4n) is 9.06. The summed E-state index contributed by atoms with van der Waals surface area (Å²) >= 11 is 0. The van der Waals surface area contributed by atoms with Crippen molar-refractivity contribution in [3.05, 3.63) is 131 Å². The summed E-state index contributed by atoms with van der Waals surface area (Å²) in [6.07, 6.45) is 8.05. The van der Waals surface area contributed by atoms with E-state index in [0.29, 0.717) is 0 Å². The Bertz CT molecular complexity index is 2070. The highest BCUT2D eigenvalue weighted by Crippen LogP contribution is 2.54. The monoisotopic (exact) mass is 592 g/mol. The van der Waals surface area contributed by atoms with Crippen molar-refractivity contribution in [1.29, 1.82) is 0 Å². The average molecular weight is 592 g/mol. The van der Waals surface area contributed by atoms with Crippen molar-refractivity contribution in [2.24, 2.45) is 0 Å². The molecule has 0 amide bonds. The van der Waals surface area contributed by atoms with Crippen LogP contribution in [0.5, 0.6) is 0 Å². The summed E-state index contributed by atoms with van der Waals surface area (Å²) in [5.41, 5.74) is 23.0. The highest BCUT2D eigenvalue weighted by Gasteiger charge is 2.46. The van der Waals surface area contributed by atoms with Crippen LogP contribution >= 0.6 is 0 Å². The molecule has 4 aromatic carbocycles. The van der Waals surface area contributed by atoms with E-state index >= 15 is 0 Å². The van der Waals surface area contributed by atoms with Gasteiger partial charge in [0.25, 0.3) is 0 Å². The average Bonchev–Trinajstić information content (AvgIpc) is 3.03. The number of nitrogens with zero attached hydrogens (tertiary/aromatic N) is 4. The van der Waals surface area contributed by atoms with Crippen molar-refractivity contribution in [3.8, 4) is 0 Å². The number of aromatic nitrogens is 2. The Morgan fingerprint density at radius 3 is 1.24 bits per heavy atom. The highest BCUT2D eigenvalue weighted by atomic mass is 15.3. The zero-order valence-electron chi connectivity index (χ0n) is 27.2. The van der Waals surface area contributed by atoms with Crippen LogP contribution in [0.1, 0.15) is 33.4 Å². The standard InChI is InChI=1S/C40H34B2N4/c1-23-17-25(3)37(26(4)18-23)41-29-13-15-43-21-35(29)45-34-12-8-10-32-40(34)46(33-11-7-9-31(41)39(33)45)36-22-44-16-14-30(36)42(32)38-27(5)19-24(2)20-28(38)6/h7-22H,1-6H3. The predicted molar refractivity (Wildman–Crippen MR) is 196 cm³/mol. The van der Waals surface area contributed by atoms with Gasteiger partial charge < -0.3 is 9.80 Å². The number of hydrogen-bond acceptors (Lipinski definition) is 4. The fraction of sp³-hybridized carbons (Fsp3) is 0.150. The summed E-state index contributed by atoms with van der Waals surface area (Å²) in [6.45, 7) is 13.6. The molecular formula is C40H34B2N4. The molecule has 6 aromatic rings. The maximum absolute atomic E-state index is 4.72. The van der Waals surface area contributed by atoms with Gasteiger partial charge in [0.2, 0.25) is 13.4 Å². The fourth-order valence-corrected chi connectivity index (χ4v) is 9.06. The van der Waals surface area contributed by atoms with E-state index in [1.165, 1.54) is 88.9 Å². The van der Waals surface area contributed by atoms with E-state index in [4.69, 9.17) is 9.97 Å². The van der Waals surface area contributed by atoms with Crippen LogP contribution in [0.15, 0.2) is 97.6 Å². The van der Waals surface area contributed by atoms with Crippen LogP contribution in [0.25, 0.3) is 0 Å². The molecule has 0 saturated carbocycles. The van der Waals surface area contributed by atoms with Gasteiger partial charge >= 0.3 is 0 Å². The first kappa shape index (κ1) is 27.2. The molecule has 0 radical (unpaired) electrons. The predicted octanol–water partition coefficient (Wildman–Crippen LogP) is 5.24. The second-order valence-corrected chi connectivity index (χ2v) is 13.5.